The van der Waals surface area contributed by atoms with E-state index in [1.807, 2.05) is 0 Å². The molecule has 1 amide bonds. The molecule has 150 valence electrons. The maximum Gasteiger partial charge on any atom is 0.325 e. The number of ether oxygens (including phenoxy) is 2. The molecule has 0 saturated carbocycles. The van der Waals surface area contributed by atoms with E-state index in [0.29, 0.717) is 24.3 Å². The van der Waals surface area contributed by atoms with Gasteiger partial charge in [0.15, 0.2) is 5.60 Å². The Morgan fingerprint density at radius 3 is 2.74 bits per heavy atom. The first-order valence-corrected chi connectivity index (χ1v) is 8.80. The van der Waals surface area contributed by atoms with Crippen molar-refractivity contribution in [1.82, 2.24) is 10.2 Å². The summed E-state index contributed by atoms with van der Waals surface area (Å²) in [5.41, 5.74) is -2.40. The van der Waals surface area contributed by atoms with Crippen molar-refractivity contribution < 1.29 is 28.6 Å². The van der Waals surface area contributed by atoms with Crippen LogP contribution in [0.4, 0.5) is 4.39 Å². The number of piperidine rings is 1. The molecule has 1 atom stereocenters. The average molecular weight is 382 g/mol. The molecular formula is C19H27FN2O5. The fourth-order valence-corrected chi connectivity index (χ4v) is 3.08. The number of esters is 1. The van der Waals surface area contributed by atoms with E-state index in [0.717, 1.165) is 0 Å². The Morgan fingerprint density at radius 1 is 1.41 bits per heavy atom. The molecule has 7 nitrogen and oxygen atoms in total. The predicted molar refractivity (Wildman–Crippen MR) is 96.7 cm³/mol. The van der Waals surface area contributed by atoms with Crippen molar-refractivity contribution in [3.8, 4) is 5.75 Å². The zero-order valence-corrected chi connectivity index (χ0v) is 16.2. The van der Waals surface area contributed by atoms with Crippen LogP contribution in [-0.4, -0.2) is 60.3 Å². The number of amides is 1. The fraction of sp³-hybridized carbons (Fsp3) is 0.579. The molecular weight excluding hydrogens is 355 g/mol. The maximum absolute atomic E-state index is 14.1. The Labute approximate surface area is 158 Å². The van der Waals surface area contributed by atoms with Gasteiger partial charge in [-0.1, -0.05) is 0 Å². The van der Waals surface area contributed by atoms with Crippen molar-refractivity contribution in [2.75, 3.05) is 27.3 Å². The second-order valence-corrected chi connectivity index (χ2v) is 7.29. The second kappa shape index (κ2) is 8.22. The van der Waals surface area contributed by atoms with E-state index < -0.39 is 28.8 Å². The summed E-state index contributed by atoms with van der Waals surface area (Å²) in [4.78, 5) is 26.0. The number of nitrogens with one attached hydrogen (secondary N) is 1. The first-order valence-electron chi connectivity index (χ1n) is 8.80. The van der Waals surface area contributed by atoms with Gasteiger partial charge in [0.1, 0.15) is 17.1 Å². The van der Waals surface area contributed by atoms with Gasteiger partial charge in [-0.05, 0) is 44.9 Å². The molecule has 0 radical (unpaired) electrons. The zero-order chi connectivity index (χ0) is 20.2. The summed E-state index contributed by atoms with van der Waals surface area (Å²) in [7, 11) is 2.76. The zero-order valence-electron chi connectivity index (χ0n) is 16.2. The first kappa shape index (κ1) is 21.1. The smallest absolute Gasteiger partial charge is 0.325 e. The maximum atomic E-state index is 14.1. The van der Waals surface area contributed by atoms with Crippen molar-refractivity contribution in [3.63, 3.8) is 0 Å². The average Bonchev–Trinajstić information content (AvgIpc) is 2.65. The molecule has 2 rings (SSSR count). The summed E-state index contributed by atoms with van der Waals surface area (Å²) in [6, 6.07) is 4.33. The van der Waals surface area contributed by atoms with Gasteiger partial charge in [0.05, 0.1) is 14.2 Å². The molecule has 1 saturated heterocycles. The highest BCUT2D eigenvalue weighted by Gasteiger charge is 2.44. The van der Waals surface area contributed by atoms with Crippen molar-refractivity contribution in [1.29, 1.82) is 0 Å². The van der Waals surface area contributed by atoms with Crippen molar-refractivity contribution in [2.24, 2.45) is 0 Å². The monoisotopic (exact) mass is 382 g/mol. The number of carbonyl (C=O) groups excluding carboxylic acids is 2. The SMILES string of the molecule is COC(=O)C(C)(C)NCC1(O)CCCN(Cc2cc(OC)ccc2F)C1=O. The fourth-order valence-electron chi connectivity index (χ4n) is 3.08. The number of halogens is 1. The number of methoxy groups -OCH3 is 2. The molecule has 1 aromatic rings. The van der Waals surface area contributed by atoms with Crippen LogP contribution < -0.4 is 10.1 Å². The van der Waals surface area contributed by atoms with Gasteiger partial charge in [-0.3, -0.25) is 14.9 Å². The van der Waals surface area contributed by atoms with Gasteiger partial charge < -0.3 is 19.5 Å². The highest BCUT2D eigenvalue weighted by atomic mass is 19.1. The molecule has 1 aliphatic heterocycles. The minimum absolute atomic E-state index is 0.0323. The Balaban J connectivity index is 2.11. The number of hydrogen-bond acceptors (Lipinski definition) is 6. The van der Waals surface area contributed by atoms with Gasteiger partial charge in [0, 0.05) is 25.2 Å². The van der Waals surface area contributed by atoms with Gasteiger partial charge >= 0.3 is 5.97 Å². The first-order chi connectivity index (χ1) is 12.6. The van der Waals surface area contributed by atoms with Gasteiger partial charge in [0.2, 0.25) is 0 Å². The number of hydrogen-bond donors (Lipinski definition) is 2. The van der Waals surface area contributed by atoms with E-state index in [9.17, 15) is 19.1 Å². The Kier molecular flexibility index (Phi) is 6.43. The van der Waals surface area contributed by atoms with E-state index in [1.165, 1.54) is 37.3 Å². The molecule has 27 heavy (non-hydrogen) atoms. The minimum atomic E-state index is -1.67. The lowest BCUT2D eigenvalue weighted by Crippen LogP contribution is -2.61. The normalized spacial score (nSPS) is 20.5. The summed E-state index contributed by atoms with van der Waals surface area (Å²) in [5, 5.41) is 13.8. The molecule has 0 spiro atoms. The van der Waals surface area contributed by atoms with Crippen LogP contribution in [0, 0.1) is 5.82 Å². The lowest BCUT2D eigenvalue weighted by Gasteiger charge is -2.39. The van der Waals surface area contributed by atoms with Gasteiger partial charge in [-0.15, -0.1) is 0 Å². The standard InChI is InChI=1S/C19H27FN2O5/c1-18(2,17(24)27-4)21-12-19(25)8-5-9-22(16(19)23)11-13-10-14(26-3)6-7-15(13)20/h6-7,10,21,25H,5,8-9,11-12H2,1-4H3. The number of rotatable bonds is 7. The number of likely N-dealkylation sites (tertiary alicyclic amines) is 1. The molecule has 8 heteroatoms. The lowest BCUT2D eigenvalue weighted by atomic mass is 9.90. The molecule has 0 bridgehead atoms. The predicted octanol–water partition coefficient (Wildman–Crippen LogP) is 1.23. The molecule has 2 N–H and O–H groups in total. The Bertz CT molecular complexity index is 709. The van der Waals surface area contributed by atoms with E-state index in [-0.39, 0.29) is 19.5 Å². The van der Waals surface area contributed by atoms with E-state index in [2.05, 4.69) is 5.32 Å². The quantitative estimate of drug-likeness (QED) is 0.690. The number of carbonyl (C=O) groups is 2. The van der Waals surface area contributed by atoms with E-state index >= 15 is 0 Å². The topological polar surface area (TPSA) is 88.1 Å². The van der Waals surface area contributed by atoms with E-state index in [4.69, 9.17) is 9.47 Å². The van der Waals surface area contributed by atoms with Crippen LogP contribution in [0.1, 0.15) is 32.3 Å². The summed E-state index contributed by atoms with van der Waals surface area (Å²) >= 11 is 0. The largest absolute Gasteiger partial charge is 0.497 e. The second-order valence-electron chi connectivity index (χ2n) is 7.29. The van der Waals surface area contributed by atoms with Crippen LogP contribution in [0.5, 0.6) is 5.75 Å². The van der Waals surface area contributed by atoms with Crippen LogP contribution in [0.25, 0.3) is 0 Å². The molecule has 1 aromatic carbocycles. The number of β-amino-alcohol motifs (C(OH)–C–C–N with tert-alkyl or cyclic N) is 1. The van der Waals surface area contributed by atoms with Gasteiger partial charge in [-0.25, -0.2) is 4.39 Å². The van der Waals surface area contributed by atoms with Crippen molar-refractivity contribution >= 4 is 11.9 Å². The molecule has 1 aliphatic rings. The van der Waals surface area contributed by atoms with Crippen LogP contribution >= 0.6 is 0 Å². The highest BCUT2D eigenvalue weighted by Crippen LogP contribution is 2.26. The molecule has 1 heterocycles. The summed E-state index contributed by atoms with van der Waals surface area (Å²) in [5.74, 6) is -0.941. The third-order valence-electron chi connectivity index (χ3n) is 4.84. The number of benzene rings is 1. The summed E-state index contributed by atoms with van der Waals surface area (Å²) in [6.45, 7) is 3.56. The van der Waals surface area contributed by atoms with Crippen molar-refractivity contribution in [2.45, 2.75) is 44.4 Å². The Morgan fingerprint density at radius 2 is 2.11 bits per heavy atom. The Hall–Kier alpha value is -2.19. The summed E-state index contributed by atoms with van der Waals surface area (Å²) < 4.78 is 23.9. The molecule has 1 fully saturated rings. The molecule has 0 aliphatic carbocycles. The third-order valence-corrected chi connectivity index (χ3v) is 4.84. The lowest BCUT2D eigenvalue weighted by molar-refractivity contribution is -0.159. The third kappa shape index (κ3) is 4.75. The molecule has 1 unspecified atom stereocenters. The van der Waals surface area contributed by atoms with Gasteiger partial charge in [-0.2, -0.15) is 0 Å². The van der Waals surface area contributed by atoms with Crippen LogP contribution in [0.2, 0.25) is 0 Å². The number of nitrogens with zero attached hydrogens (tertiary/aromatic N) is 1. The highest BCUT2D eigenvalue weighted by molar-refractivity contribution is 5.86. The minimum Gasteiger partial charge on any atom is -0.497 e. The molecule has 0 aromatic heterocycles. The van der Waals surface area contributed by atoms with E-state index in [1.54, 1.807) is 13.8 Å². The van der Waals surface area contributed by atoms with Crippen LogP contribution in [0.15, 0.2) is 18.2 Å². The van der Waals surface area contributed by atoms with Crippen LogP contribution in [0.3, 0.4) is 0 Å². The van der Waals surface area contributed by atoms with Gasteiger partial charge in [0.25, 0.3) is 5.91 Å². The van der Waals surface area contributed by atoms with Crippen LogP contribution in [-0.2, 0) is 20.9 Å². The van der Waals surface area contributed by atoms with Crippen molar-refractivity contribution in [3.05, 3.63) is 29.6 Å². The summed E-state index contributed by atoms with van der Waals surface area (Å²) in [6.07, 6.45) is 0.821. The number of aliphatic hydroxyl groups is 1.